The van der Waals surface area contributed by atoms with Crippen molar-refractivity contribution in [3.8, 4) is 5.69 Å². The zero-order valence-corrected chi connectivity index (χ0v) is 17.4. The normalized spacial score (nSPS) is 16.4. The van der Waals surface area contributed by atoms with Gasteiger partial charge in [-0.3, -0.25) is 9.59 Å². The fraction of sp³-hybridized carbons (Fsp3) is 0.300. The molecule has 1 fully saturated rings. The summed E-state index contributed by atoms with van der Waals surface area (Å²) in [6, 6.07) is 11.2. The Morgan fingerprint density at radius 2 is 2.21 bits per heavy atom. The number of carbonyl (C=O) groups excluding carboxylic acids is 2. The molecule has 2 amide bonds. The van der Waals surface area contributed by atoms with E-state index in [1.807, 2.05) is 34.5 Å². The van der Waals surface area contributed by atoms with Crippen LogP contribution in [-0.4, -0.2) is 44.8 Å². The predicted octanol–water partition coefficient (Wildman–Crippen LogP) is 3.07. The maximum atomic E-state index is 12.6. The van der Waals surface area contributed by atoms with E-state index in [9.17, 15) is 9.59 Å². The van der Waals surface area contributed by atoms with E-state index in [0.717, 1.165) is 10.6 Å². The number of hydrogen-bond donors (Lipinski definition) is 1. The van der Waals surface area contributed by atoms with Crippen LogP contribution in [0.3, 0.4) is 0 Å². The third-order valence-corrected chi connectivity index (χ3v) is 6.03. The Kier molecular flexibility index (Phi) is 5.64. The molecule has 0 spiro atoms. The van der Waals surface area contributed by atoms with E-state index in [1.54, 1.807) is 35.1 Å². The van der Waals surface area contributed by atoms with Gasteiger partial charge in [-0.05, 0) is 36.6 Å². The van der Waals surface area contributed by atoms with Crippen LogP contribution in [0, 0.1) is 12.8 Å². The number of halogens is 1. The van der Waals surface area contributed by atoms with E-state index in [0.29, 0.717) is 36.8 Å². The Morgan fingerprint density at radius 1 is 1.34 bits per heavy atom. The molecule has 1 aromatic carbocycles. The van der Waals surface area contributed by atoms with Gasteiger partial charge in [-0.15, -0.1) is 16.4 Å². The second-order valence-electron chi connectivity index (χ2n) is 7.05. The molecule has 0 saturated carbocycles. The number of nitrogens with zero attached hydrogens (tertiary/aromatic N) is 4. The third kappa shape index (κ3) is 4.33. The molecule has 7 nitrogen and oxygen atoms in total. The molecule has 150 valence electrons. The predicted molar refractivity (Wildman–Crippen MR) is 111 cm³/mol. The van der Waals surface area contributed by atoms with Gasteiger partial charge in [0.1, 0.15) is 0 Å². The molecule has 1 aliphatic heterocycles. The second-order valence-corrected chi connectivity index (χ2v) is 8.52. The molecule has 1 unspecified atom stereocenters. The number of benzene rings is 1. The van der Waals surface area contributed by atoms with Crippen molar-refractivity contribution in [3.05, 3.63) is 63.1 Å². The SMILES string of the molecule is Cc1c(C(=O)NCC2CC(=O)N(Cc3cccs3)C2)nnn1-c1cccc(Cl)c1. The van der Waals surface area contributed by atoms with E-state index in [4.69, 9.17) is 11.6 Å². The van der Waals surface area contributed by atoms with Gasteiger partial charge in [-0.1, -0.05) is 28.9 Å². The lowest BCUT2D eigenvalue weighted by Crippen LogP contribution is -2.31. The number of thiophene rings is 1. The van der Waals surface area contributed by atoms with Crippen LogP contribution < -0.4 is 5.32 Å². The molecule has 1 atom stereocenters. The lowest BCUT2D eigenvalue weighted by Gasteiger charge is -2.15. The van der Waals surface area contributed by atoms with Gasteiger partial charge in [0.15, 0.2) is 5.69 Å². The highest BCUT2D eigenvalue weighted by atomic mass is 35.5. The molecule has 1 aliphatic rings. The van der Waals surface area contributed by atoms with Crippen molar-refractivity contribution < 1.29 is 9.59 Å². The molecular formula is C20H20ClN5O2S. The molecule has 0 bridgehead atoms. The van der Waals surface area contributed by atoms with Gasteiger partial charge in [0, 0.05) is 35.3 Å². The number of carbonyl (C=O) groups is 2. The quantitative estimate of drug-likeness (QED) is 0.653. The Morgan fingerprint density at radius 3 is 2.97 bits per heavy atom. The summed E-state index contributed by atoms with van der Waals surface area (Å²) in [5.41, 5.74) is 1.64. The fourth-order valence-corrected chi connectivity index (χ4v) is 4.35. The first-order valence-electron chi connectivity index (χ1n) is 9.28. The topological polar surface area (TPSA) is 80.1 Å². The molecule has 1 saturated heterocycles. The molecule has 29 heavy (non-hydrogen) atoms. The van der Waals surface area contributed by atoms with Crippen molar-refractivity contribution in [2.45, 2.75) is 19.9 Å². The average molecular weight is 430 g/mol. The Labute approximate surface area is 177 Å². The molecule has 3 aromatic rings. The fourth-order valence-electron chi connectivity index (χ4n) is 3.45. The summed E-state index contributed by atoms with van der Waals surface area (Å²) in [5.74, 6) is -0.0737. The number of nitrogens with one attached hydrogen (secondary N) is 1. The first kappa shape index (κ1) is 19.6. The van der Waals surface area contributed by atoms with E-state index in [-0.39, 0.29) is 23.4 Å². The van der Waals surface area contributed by atoms with Crippen LogP contribution in [0.2, 0.25) is 5.02 Å². The highest BCUT2D eigenvalue weighted by molar-refractivity contribution is 7.09. The van der Waals surface area contributed by atoms with E-state index in [1.165, 1.54) is 0 Å². The summed E-state index contributed by atoms with van der Waals surface area (Å²) >= 11 is 7.68. The molecule has 1 N–H and O–H groups in total. The van der Waals surface area contributed by atoms with Crippen LogP contribution in [0.15, 0.2) is 41.8 Å². The van der Waals surface area contributed by atoms with Crippen LogP contribution >= 0.6 is 22.9 Å². The monoisotopic (exact) mass is 429 g/mol. The van der Waals surface area contributed by atoms with Gasteiger partial charge >= 0.3 is 0 Å². The largest absolute Gasteiger partial charge is 0.350 e. The Balaban J connectivity index is 1.36. The summed E-state index contributed by atoms with van der Waals surface area (Å²) < 4.78 is 1.59. The molecule has 0 aliphatic carbocycles. The average Bonchev–Trinajstić information content (AvgIpc) is 3.42. The van der Waals surface area contributed by atoms with E-state index in [2.05, 4.69) is 15.6 Å². The van der Waals surface area contributed by atoms with Gasteiger partial charge in [-0.2, -0.15) is 0 Å². The highest BCUT2D eigenvalue weighted by Crippen LogP contribution is 2.22. The van der Waals surface area contributed by atoms with Crippen LogP contribution in [0.25, 0.3) is 5.69 Å². The lowest BCUT2D eigenvalue weighted by atomic mass is 10.1. The minimum atomic E-state index is -0.292. The molecule has 4 rings (SSSR count). The number of rotatable bonds is 6. The van der Waals surface area contributed by atoms with Crippen LogP contribution in [0.1, 0.15) is 27.5 Å². The smallest absolute Gasteiger partial charge is 0.273 e. The van der Waals surface area contributed by atoms with Crippen molar-refractivity contribution in [1.29, 1.82) is 0 Å². The maximum absolute atomic E-state index is 12.6. The van der Waals surface area contributed by atoms with Crippen LogP contribution in [0.4, 0.5) is 0 Å². The standard InChI is InChI=1S/C20H20ClN5O2S/c1-13-19(23-24-26(13)16-5-2-4-15(21)9-16)20(28)22-10-14-8-18(27)25(11-14)12-17-6-3-7-29-17/h2-7,9,14H,8,10-12H2,1H3,(H,22,28). The molecule has 2 aromatic heterocycles. The van der Waals surface area contributed by atoms with Crippen molar-refractivity contribution in [1.82, 2.24) is 25.2 Å². The third-order valence-electron chi connectivity index (χ3n) is 4.94. The summed E-state index contributed by atoms with van der Waals surface area (Å²) in [5, 5.41) is 13.6. The van der Waals surface area contributed by atoms with Gasteiger partial charge in [0.05, 0.1) is 17.9 Å². The highest BCUT2D eigenvalue weighted by Gasteiger charge is 2.30. The van der Waals surface area contributed by atoms with Crippen molar-refractivity contribution in [3.63, 3.8) is 0 Å². The zero-order chi connectivity index (χ0) is 20.4. The summed E-state index contributed by atoms with van der Waals surface area (Å²) in [6.07, 6.45) is 0.444. The number of hydrogen-bond acceptors (Lipinski definition) is 5. The number of aromatic nitrogens is 3. The second kappa shape index (κ2) is 8.34. The minimum Gasteiger partial charge on any atom is -0.350 e. The first-order valence-corrected chi connectivity index (χ1v) is 10.5. The van der Waals surface area contributed by atoms with Gasteiger partial charge in [-0.25, -0.2) is 4.68 Å². The number of amides is 2. The Hall–Kier alpha value is -2.71. The lowest BCUT2D eigenvalue weighted by molar-refractivity contribution is -0.128. The summed E-state index contributed by atoms with van der Waals surface area (Å²) in [6.45, 7) is 3.49. The first-order chi connectivity index (χ1) is 14.0. The van der Waals surface area contributed by atoms with Crippen molar-refractivity contribution in [2.24, 2.45) is 5.92 Å². The van der Waals surface area contributed by atoms with Crippen molar-refractivity contribution in [2.75, 3.05) is 13.1 Å². The number of likely N-dealkylation sites (tertiary alicyclic amines) is 1. The molecule has 3 heterocycles. The summed E-state index contributed by atoms with van der Waals surface area (Å²) in [7, 11) is 0. The van der Waals surface area contributed by atoms with Crippen LogP contribution in [0.5, 0.6) is 0 Å². The summed E-state index contributed by atoms with van der Waals surface area (Å²) in [4.78, 5) is 27.9. The van der Waals surface area contributed by atoms with Gasteiger partial charge in [0.25, 0.3) is 5.91 Å². The van der Waals surface area contributed by atoms with E-state index >= 15 is 0 Å². The molecule has 9 heteroatoms. The van der Waals surface area contributed by atoms with E-state index < -0.39 is 0 Å². The Bertz CT molecular complexity index is 1030. The molecule has 0 radical (unpaired) electrons. The van der Waals surface area contributed by atoms with Crippen molar-refractivity contribution >= 4 is 34.8 Å². The molecular weight excluding hydrogens is 410 g/mol. The van der Waals surface area contributed by atoms with Gasteiger partial charge < -0.3 is 10.2 Å². The zero-order valence-electron chi connectivity index (χ0n) is 15.8. The van der Waals surface area contributed by atoms with Gasteiger partial charge in [0.2, 0.25) is 5.91 Å². The maximum Gasteiger partial charge on any atom is 0.273 e. The van der Waals surface area contributed by atoms with Crippen LogP contribution in [-0.2, 0) is 11.3 Å². The minimum absolute atomic E-state index is 0.0923.